The van der Waals surface area contributed by atoms with E-state index in [1.807, 2.05) is 4.90 Å². The van der Waals surface area contributed by atoms with Crippen LogP contribution in [0.5, 0.6) is 0 Å². The van der Waals surface area contributed by atoms with E-state index in [9.17, 15) is 4.79 Å². The van der Waals surface area contributed by atoms with Crippen molar-refractivity contribution < 1.29 is 13.9 Å². The van der Waals surface area contributed by atoms with Gasteiger partial charge in [-0.05, 0) is 13.0 Å². The predicted molar refractivity (Wildman–Crippen MR) is 89.9 cm³/mol. The van der Waals surface area contributed by atoms with Crippen LogP contribution in [-0.4, -0.2) is 61.6 Å². The van der Waals surface area contributed by atoms with Crippen LogP contribution in [0.1, 0.15) is 23.0 Å². The zero-order valence-corrected chi connectivity index (χ0v) is 14.6. The number of halogens is 2. The van der Waals surface area contributed by atoms with Gasteiger partial charge in [0.2, 0.25) is 0 Å². The van der Waals surface area contributed by atoms with Crippen LogP contribution in [0.25, 0.3) is 0 Å². The Balaban J connectivity index is 0.00000220. The Hall–Kier alpha value is -0.790. The normalized spacial score (nSPS) is 18.5. The number of amides is 1. The second-order valence-corrected chi connectivity index (χ2v) is 5.13. The number of hydrogen-bond donors (Lipinski definition) is 1. The Morgan fingerprint density at radius 1 is 1.45 bits per heavy atom. The Morgan fingerprint density at radius 2 is 2.18 bits per heavy atom. The Kier molecular flexibility index (Phi) is 9.71. The molecule has 1 atom stereocenters. The topological polar surface area (TPSA) is 71.9 Å². The number of nitrogens with zero attached hydrogens (tertiary/aromatic N) is 2. The van der Waals surface area contributed by atoms with E-state index >= 15 is 0 Å². The second kappa shape index (κ2) is 10.1. The third-order valence-corrected chi connectivity index (χ3v) is 3.74. The van der Waals surface area contributed by atoms with Crippen LogP contribution in [0.3, 0.4) is 0 Å². The standard InChI is InChI=1S/C14H23N3O3.2ClH/c1-11-9-17(4-3-16(11)5-6-19-2)14(18)12-7-13(8-15)20-10-12;;/h7,10-11H,3-6,8-9,15H2,1-2H3;2*1H. The number of rotatable bonds is 5. The maximum atomic E-state index is 12.4. The van der Waals surface area contributed by atoms with E-state index in [4.69, 9.17) is 14.9 Å². The minimum absolute atomic E-state index is 0. The van der Waals surface area contributed by atoms with E-state index in [1.165, 1.54) is 6.26 Å². The van der Waals surface area contributed by atoms with Crippen LogP contribution in [-0.2, 0) is 11.3 Å². The van der Waals surface area contributed by atoms with Crippen molar-refractivity contribution in [2.75, 3.05) is 39.9 Å². The molecule has 8 heteroatoms. The van der Waals surface area contributed by atoms with Crippen molar-refractivity contribution in [1.29, 1.82) is 0 Å². The Labute approximate surface area is 143 Å². The highest BCUT2D eigenvalue weighted by Crippen LogP contribution is 2.15. The van der Waals surface area contributed by atoms with Gasteiger partial charge in [-0.15, -0.1) is 24.8 Å². The van der Waals surface area contributed by atoms with Crippen LogP contribution in [0.15, 0.2) is 16.7 Å². The molecule has 22 heavy (non-hydrogen) atoms. The SMILES string of the molecule is COCCN1CCN(C(=O)c2coc(CN)c2)CC1C.Cl.Cl. The molecule has 1 saturated heterocycles. The van der Waals surface area contributed by atoms with Gasteiger partial charge in [0.1, 0.15) is 12.0 Å². The zero-order chi connectivity index (χ0) is 14.5. The smallest absolute Gasteiger partial charge is 0.257 e. The summed E-state index contributed by atoms with van der Waals surface area (Å²) in [5, 5.41) is 0. The molecule has 1 amide bonds. The largest absolute Gasteiger partial charge is 0.467 e. The fraction of sp³-hybridized carbons (Fsp3) is 0.643. The summed E-state index contributed by atoms with van der Waals surface area (Å²) in [7, 11) is 1.71. The van der Waals surface area contributed by atoms with Crippen LogP contribution in [0.2, 0.25) is 0 Å². The summed E-state index contributed by atoms with van der Waals surface area (Å²) < 4.78 is 10.3. The second-order valence-electron chi connectivity index (χ2n) is 5.13. The Morgan fingerprint density at radius 3 is 2.73 bits per heavy atom. The van der Waals surface area contributed by atoms with Gasteiger partial charge in [0.05, 0.1) is 18.7 Å². The third-order valence-electron chi connectivity index (χ3n) is 3.74. The third kappa shape index (κ3) is 5.14. The maximum Gasteiger partial charge on any atom is 0.257 e. The van der Waals surface area contributed by atoms with Gasteiger partial charge < -0.3 is 19.8 Å². The highest BCUT2D eigenvalue weighted by Gasteiger charge is 2.27. The van der Waals surface area contributed by atoms with Gasteiger partial charge in [0.25, 0.3) is 5.91 Å². The lowest BCUT2D eigenvalue weighted by Crippen LogP contribution is -2.54. The molecular formula is C14H25Cl2N3O3. The number of ether oxygens (including phenoxy) is 1. The molecule has 1 unspecified atom stereocenters. The first-order valence-corrected chi connectivity index (χ1v) is 6.95. The van der Waals surface area contributed by atoms with Gasteiger partial charge in [-0.2, -0.15) is 0 Å². The molecule has 2 rings (SSSR count). The molecule has 0 radical (unpaired) electrons. The van der Waals surface area contributed by atoms with Crippen molar-refractivity contribution in [3.05, 3.63) is 23.7 Å². The van der Waals surface area contributed by atoms with Gasteiger partial charge in [-0.25, -0.2) is 0 Å². The minimum atomic E-state index is 0. The molecule has 0 aliphatic carbocycles. The first-order chi connectivity index (χ1) is 9.65. The van der Waals surface area contributed by atoms with Gasteiger partial charge in [0, 0.05) is 39.3 Å². The minimum Gasteiger partial charge on any atom is -0.467 e. The lowest BCUT2D eigenvalue weighted by molar-refractivity contribution is 0.0434. The summed E-state index contributed by atoms with van der Waals surface area (Å²) in [4.78, 5) is 16.6. The molecule has 1 aromatic rings. The molecule has 1 aliphatic heterocycles. The average Bonchev–Trinajstić information content (AvgIpc) is 2.94. The maximum absolute atomic E-state index is 12.4. The number of piperazine rings is 1. The molecule has 2 N–H and O–H groups in total. The number of nitrogens with two attached hydrogens (primary N) is 1. The fourth-order valence-electron chi connectivity index (χ4n) is 2.50. The number of methoxy groups -OCH3 is 1. The average molecular weight is 354 g/mol. The summed E-state index contributed by atoms with van der Waals surface area (Å²) in [5.74, 6) is 0.659. The van der Waals surface area contributed by atoms with Crippen molar-refractivity contribution >= 4 is 30.7 Å². The first-order valence-electron chi connectivity index (χ1n) is 6.95. The highest BCUT2D eigenvalue weighted by atomic mass is 35.5. The van der Waals surface area contributed by atoms with E-state index in [0.717, 1.165) is 32.8 Å². The number of carbonyl (C=O) groups is 1. The van der Waals surface area contributed by atoms with Crippen LogP contribution < -0.4 is 5.73 Å². The molecule has 1 aliphatic rings. The molecule has 0 saturated carbocycles. The summed E-state index contributed by atoms with van der Waals surface area (Å²) >= 11 is 0. The van der Waals surface area contributed by atoms with Gasteiger partial charge in [-0.3, -0.25) is 9.69 Å². The van der Waals surface area contributed by atoms with Crippen molar-refractivity contribution in [3.8, 4) is 0 Å². The molecule has 128 valence electrons. The van der Waals surface area contributed by atoms with Gasteiger partial charge in [0.15, 0.2) is 0 Å². The quantitative estimate of drug-likeness (QED) is 0.865. The lowest BCUT2D eigenvalue weighted by atomic mass is 10.1. The highest BCUT2D eigenvalue weighted by molar-refractivity contribution is 5.94. The van der Waals surface area contributed by atoms with E-state index in [0.29, 0.717) is 23.9 Å². The van der Waals surface area contributed by atoms with Gasteiger partial charge in [-0.1, -0.05) is 0 Å². The Bertz CT molecular complexity index is 456. The van der Waals surface area contributed by atoms with Crippen molar-refractivity contribution in [3.63, 3.8) is 0 Å². The van der Waals surface area contributed by atoms with E-state index in [2.05, 4.69) is 11.8 Å². The molecular weight excluding hydrogens is 329 g/mol. The molecule has 0 bridgehead atoms. The summed E-state index contributed by atoms with van der Waals surface area (Å²) in [6.07, 6.45) is 1.49. The predicted octanol–water partition coefficient (Wildman–Crippen LogP) is 1.37. The summed E-state index contributed by atoms with van der Waals surface area (Å²) in [6, 6.07) is 2.06. The molecule has 1 fully saturated rings. The summed E-state index contributed by atoms with van der Waals surface area (Å²) in [6.45, 7) is 6.41. The molecule has 0 aromatic carbocycles. The fourth-order valence-corrected chi connectivity index (χ4v) is 2.50. The summed E-state index contributed by atoms with van der Waals surface area (Å²) in [5.41, 5.74) is 6.08. The zero-order valence-electron chi connectivity index (χ0n) is 13.0. The van der Waals surface area contributed by atoms with Gasteiger partial charge >= 0.3 is 0 Å². The van der Waals surface area contributed by atoms with E-state index < -0.39 is 0 Å². The molecule has 6 nitrogen and oxygen atoms in total. The molecule has 2 heterocycles. The van der Waals surface area contributed by atoms with E-state index in [-0.39, 0.29) is 30.7 Å². The van der Waals surface area contributed by atoms with Crippen molar-refractivity contribution in [2.24, 2.45) is 5.73 Å². The number of hydrogen-bond acceptors (Lipinski definition) is 5. The lowest BCUT2D eigenvalue weighted by Gasteiger charge is -2.39. The number of carbonyl (C=O) groups excluding carboxylic acids is 1. The molecule has 0 spiro atoms. The first kappa shape index (κ1) is 21.2. The van der Waals surface area contributed by atoms with Crippen LogP contribution in [0, 0.1) is 0 Å². The molecule has 1 aromatic heterocycles. The van der Waals surface area contributed by atoms with Crippen LogP contribution in [0.4, 0.5) is 0 Å². The van der Waals surface area contributed by atoms with Crippen molar-refractivity contribution in [2.45, 2.75) is 19.5 Å². The monoisotopic (exact) mass is 353 g/mol. The van der Waals surface area contributed by atoms with Crippen molar-refractivity contribution in [1.82, 2.24) is 9.80 Å². The van der Waals surface area contributed by atoms with E-state index in [1.54, 1.807) is 13.2 Å². The van der Waals surface area contributed by atoms with Crippen LogP contribution >= 0.6 is 24.8 Å². The number of furan rings is 1.